The highest BCUT2D eigenvalue weighted by molar-refractivity contribution is 7.10. The lowest BCUT2D eigenvalue weighted by Gasteiger charge is -2.12. The van der Waals surface area contributed by atoms with Crippen LogP contribution < -0.4 is 0 Å². The van der Waals surface area contributed by atoms with Crippen LogP contribution in [0, 0.1) is 11.8 Å². The highest BCUT2D eigenvalue weighted by atomic mass is 32.1. The maximum atomic E-state index is 8.65. The molecule has 0 bridgehead atoms. The average molecular weight is 254 g/mol. The summed E-state index contributed by atoms with van der Waals surface area (Å²) in [5, 5.41) is 10.6. The van der Waals surface area contributed by atoms with E-state index in [4.69, 9.17) is 14.6 Å². The second-order valence-electron chi connectivity index (χ2n) is 3.50. The van der Waals surface area contributed by atoms with Gasteiger partial charge in [0.25, 0.3) is 0 Å². The van der Waals surface area contributed by atoms with Gasteiger partial charge in [0.2, 0.25) is 0 Å². The first kappa shape index (κ1) is 14.2. The van der Waals surface area contributed by atoms with Crippen LogP contribution in [0.15, 0.2) is 11.4 Å². The average Bonchev–Trinajstić information content (AvgIpc) is 2.78. The molecule has 94 valence electrons. The Morgan fingerprint density at radius 1 is 1.53 bits per heavy atom. The number of aliphatic hydroxyl groups is 1. The molecule has 17 heavy (non-hydrogen) atoms. The van der Waals surface area contributed by atoms with E-state index < -0.39 is 0 Å². The van der Waals surface area contributed by atoms with E-state index in [1.807, 2.05) is 25.3 Å². The van der Waals surface area contributed by atoms with Crippen molar-refractivity contribution < 1.29 is 14.6 Å². The van der Waals surface area contributed by atoms with E-state index in [0.29, 0.717) is 19.8 Å². The summed E-state index contributed by atoms with van der Waals surface area (Å²) in [5.41, 5.74) is 0.938. The van der Waals surface area contributed by atoms with E-state index in [0.717, 1.165) is 10.4 Å². The second kappa shape index (κ2) is 8.26. The molecule has 1 rings (SSSR count). The maximum absolute atomic E-state index is 8.65. The molecule has 1 aromatic rings. The van der Waals surface area contributed by atoms with Gasteiger partial charge in [-0.05, 0) is 25.3 Å². The van der Waals surface area contributed by atoms with E-state index in [2.05, 4.69) is 11.8 Å². The first-order chi connectivity index (χ1) is 8.27. The normalized spacial score (nSPS) is 11.9. The van der Waals surface area contributed by atoms with Gasteiger partial charge in [-0.3, -0.25) is 0 Å². The predicted octanol–water partition coefficient (Wildman–Crippen LogP) is 2.03. The van der Waals surface area contributed by atoms with Gasteiger partial charge in [-0.1, -0.05) is 11.8 Å². The first-order valence-corrected chi connectivity index (χ1v) is 6.51. The summed E-state index contributed by atoms with van der Waals surface area (Å²) in [6.45, 7) is 5.70. The van der Waals surface area contributed by atoms with Crippen LogP contribution in [-0.2, 0) is 16.1 Å². The predicted molar refractivity (Wildman–Crippen MR) is 69.0 cm³/mol. The zero-order chi connectivity index (χ0) is 12.5. The van der Waals surface area contributed by atoms with Crippen LogP contribution in [0.25, 0.3) is 0 Å². The van der Waals surface area contributed by atoms with E-state index in [9.17, 15) is 0 Å². The zero-order valence-electron chi connectivity index (χ0n) is 10.2. The van der Waals surface area contributed by atoms with Crippen molar-refractivity contribution in [1.29, 1.82) is 0 Å². The standard InChI is InChI=1S/C13H18O3S/c1-3-15-9-11(2)16-10-13-12(5-4-7-14)6-8-17-13/h6,8,11,14H,3,7,9-10H2,1-2H3. The smallest absolute Gasteiger partial charge is 0.104 e. The van der Waals surface area contributed by atoms with Gasteiger partial charge in [0.1, 0.15) is 6.61 Å². The summed E-state index contributed by atoms with van der Waals surface area (Å²) in [6, 6.07) is 1.94. The van der Waals surface area contributed by atoms with Gasteiger partial charge in [0.15, 0.2) is 0 Å². The van der Waals surface area contributed by atoms with Gasteiger partial charge < -0.3 is 14.6 Å². The molecule has 0 aromatic carbocycles. The molecule has 3 nitrogen and oxygen atoms in total. The largest absolute Gasteiger partial charge is 0.384 e. The maximum Gasteiger partial charge on any atom is 0.104 e. The Morgan fingerprint density at radius 2 is 2.35 bits per heavy atom. The molecule has 1 atom stereocenters. The van der Waals surface area contributed by atoms with Crippen molar-refractivity contribution in [3.63, 3.8) is 0 Å². The summed E-state index contributed by atoms with van der Waals surface area (Å²) < 4.78 is 10.9. The van der Waals surface area contributed by atoms with Crippen molar-refractivity contribution in [2.75, 3.05) is 19.8 Å². The monoisotopic (exact) mass is 254 g/mol. The highest BCUT2D eigenvalue weighted by Gasteiger charge is 2.06. The molecule has 0 spiro atoms. The van der Waals surface area contributed by atoms with E-state index >= 15 is 0 Å². The Bertz CT molecular complexity index is 376. The Balaban J connectivity index is 2.43. The second-order valence-corrected chi connectivity index (χ2v) is 4.50. The van der Waals surface area contributed by atoms with Gasteiger partial charge in [-0.15, -0.1) is 11.3 Å². The highest BCUT2D eigenvalue weighted by Crippen LogP contribution is 2.17. The summed E-state index contributed by atoms with van der Waals surface area (Å²) in [5.74, 6) is 5.55. The molecule has 0 saturated carbocycles. The van der Waals surface area contributed by atoms with Gasteiger partial charge >= 0.3 is 0 Å². The van der Waals surface area contributed by atoms with Gasteiger partial charge in [0.05, 0.1) is 19.3 Å². The number of thiophene rings is 1. The third-order valence-corrected chi connectivity index (χ3v) is 3.00. The molecular weight excluding hydrogens is 236 g/mol. The van der Waals surface area contributed by atoms with E-state index in [-0.39, 0.29) is 12.7 Å². The van der Waals surface area contributed by atoms with Crippen LogP contribution in [-0.4, -0.2) is 31.0 Å². The summed E-state index contributed by atoms with van der Waals surface area (Å²) in [4.78, 5) is 1.09. The molecule has 0 saturated heterocycles. The van der Waals surface area contributed by atoms with Crippen LogP contribution in [0.5, 0.6) is 0 Å². The molecule has 0 amide bonds. The fourth-order valence-corrected chi connectivity index (χ4v) is 2.00. The molecule has 0 aliphatic carbocycles. The lowest BCUT2D eigenvalue weighted by molar-refractivity contribution is -0.0108. The molecule has 0 aliphatic heterocycles. The van der Waals surface area contributed by atoms with Crippen molar-refractivity contribution in [2.24, 2.45) is 0 Å². The van der Waals surface area contributed by atoms with Crippen LogP contribution in [0.1, 0.15) is 24.3 Å². The molecule has 1 aromatic heterocycles. The summed E-state index contributed by atoms with van der Waals surface area (Å²) in [6.07, 6.45) is 0.0794. The number of rotatable bonds is 6. The Morgan fingerprint density at radius 3 is 3.06 bits per heavy atom. The van der Waals surface area contributed by atoms with Gasteiger partial charge in [-0.25, -0.2) is 0 Å². The number of hydrogen-bond acceptors (Lipinski definition) is 4. The minimum absolute atomic E-state index is 0.0794. The first-order valence-electron chi connectivity index (χ1n) is 5.63. The summed E-state index contributed by atoms with van der Waals surface area (Å²) in [7, 11) is 0. The molecule has 0 aliphatic rings. The molecule has 1 N–H and O–H groups in total. The van der Waals surface area contributed by atoms with Crippen LogP contribution in [0.2, 0.25) is 0 Å². The third kappa shape index (κ3) is 5.33. The van der Waals surface area contributed by atoms with Gasteiger partial charge in [0, 0.05) is 17.0 Å². The Kier molecular flexibility index (Phi) is 6.90. The van der Waals surface area contributed by atoms with Crippen molar-refractivity contribution >= 4 is 11.3 Å². The topological polar surface area (TPSA) is 38.7 Å². The molecule has 0 fully saturated rings. The van der Waals surface area contributed by atoms with Gasteiger partial charge in [-0.2, -0.15) is 0 Å². The Hall–Kier alpha value is -0.860. The van der Waals surface area contributed by atoms with E-state index in [1.165, 1.54) is 0 Å². The van der Waals surface area contributed by atoms with Crippen LogP contribution in [0.4, 0.5) is 0 Å². The van der Waals surface area contributed by atoms with Crippen LogP contribution in [0.3, 0.4) is 0 Å². The minimum atomic E-state index is -0.114. The zero-order valence-corrected chi connectivity index (χ0v) is 11.0. The minimum Gasteiger partial charge on any atom is -0.384 e. The van der Waals surface area contributed by atoms with E-state index in [1.54, 1.807) is 11.3 Å². The molecule has 4 heteroatoms. The lowest BCUT2D eigenvalue weighted by atomic mass is 10.2. The van der Waals surface area contributed by atoms with Crippen molar-refractivity contribution in [1.82, 2.24) is 0 Å². The molecule has 1 heterocycles. The third-order valence-electron chi connectivity index (χ3n) is 2.10. The quantitative estimate of drug-likeness (QED) is 0.790. The van der Waals surface area contributed by atoms with Crippen molar-refractivity contribution in [3.05, 3.63) is 21.9 Å². The number of hydrogen-bond donors (Lipinski definition) is 1. The Labute approximate surface area is 106 Å². The van der Waals surface area contributed by atoms with Crippen LogP contribution >= 0.6 is 11.3 Å². The number of ether oxygens (including phenoxy) is 2. The van der Waals surface area contributed by atoms with Crippen molar-refractivity contribution in [2.45, 2.75) is 26.6 Å². The summed E-state index contributed by atoms with van der Waals surface area (Å²) >= 11 is 1.62. The molecular formula is C13H18O3S. The van der Waals surface area contributed by atoms with Crippen molar-refractivity contribution in [3.8, 4) is 11.8 Å². The lowest BCUT2D eigenvalue weighted by Crippen LogP contribution is -2.15. The fraction of sp³-hybridized carbons (Fsp3) is 0.538. The molecule has 1 unspecified atom stereocenters. The SMILES string of the molecule is CCOCC(C)OCc1sccc1C#CCO. The fourth-order valence-electron chi connectivity index (χ4n) is 1.25. The molecule has 0 radical (unpaired) electrons. The number of aliphatic hydroxyl groups excluding tert-OH is 1.